The van der Waals surface area contributed by atoms with Gasteiger partial charge in [-0.05, 0) is 6.07 Å². The topological polar surface area (TPSA) is 120 Å². The smallest absolute Gasteiger partial charge is 0.352 e. The molecule has 0 aromatic carbocycles. The molecule has 94 valence electrons. The molecular weight excluding hydrogens is 230 g/mol. The first-order valence-corrected chi connectivity index (χ1v) is 4.80. The van der Waals surface area contributed by atoms with Crippen molar-refractivity contribution in [3.05, 3.63) is 23.5 Å². The molecule has 7 nitrogen and oxygen atoms in total. The zero-order chi connectivity index (χ0) is 13.0. The molecule has 0 aliphatic carbocycles. The van der Waals surface area contributed by atoms with Crippen LogP contribution in [-0.4, -0.2) is 45.5 Å². The average Bonchev–Trinajstić information content (AvgIpc) is 2.77. The highest BCUT2D eigenvalue weighted by atomic mass is 16.5. The maximum atomic E-state index is 10.9. The summed E-state index contributed by atoms with van der Waals surface area (Å²) in [6.07, 6.45) is -1.81. The minimum absolute atomic E-state index is 0.107. The molecule has 7 heteroatoms. The number of esters is 1. The second kappa shape index (κ2) is 5.46. The van der Waals surface area contributed by atoms with Gasteiger partial charge in [-0.15, -0.1) is 0 Å². The van der Waals surface area contributed by atoms with Crippen LogP contribution >= 0.6 is 0 Å². The molecule has 2 atom stereocenters. The van der Waals surface area contributed by atoms with Gasteiger partial charge < -0.3 is 25.0 Å². The second-order valence-corrected chi connectivity index (χ2v) is 3.44. The van der Waals surface area contributed by atoms with Gasteiger partial charge in [0.1, 0.15) is 11.8 Å². The van der Waals surface area contributed by atoms with Crippen LogP contribution in [0.4, 0.5) is 0 Å². The lowest BCUT2D eigenvalue weighted by Gasteiger charge is -2.15. The number of aromatic carboxylic acids is 1. The molecule has 0 radical (unpaired) electrons. The lowest BCUT2D eigenvalue weighted by atomic mass is 10.1. The molecule has 0 saturated carbocycles. The van der Waals surface area contributed by atoms with E-state index in [9.17, 15) is 19.8 Å². The molecule has 17 heavy (non-hydrogen) atoms. The third-order valence-corrected chi connectivity index (χ3v) is 2.25. The lowest BCUT2D eigenvalue weighted by Crippen LogP contribution is -2.22. The van der Waals surface area contributed by atoms with Gasteiger partial charge in [0.15, 0.2) is 0 Å². The summed E-state index contributed by atoms with van der Waals surface area (Å²) in [5.74, 6) is -1.84. The number of aliphatic hydroxyl groups is 2. The van der Waals surface area contributed by atoms with E-state index in [0.29, 0.717) is 0 Å². The highest BCUT2D eigenvalue weighted by Gasteiger charge is 2.23. The second-order valence-electron chi connectivity index (χ2n) is 3.44. The number of aromatic nitrogens is 1. The van der Waals surface area contributed by atoms with E-state index >= 15 is 0 Å². The molecule has 0 aliphatic rings. The average molecular weight is 243 g/mol. The van der Waals surface area contributed by atoms with Crippen LogP contribution < -0.4 is 0 Å². The predicted octanol–water partition coefficient (Wildman–Crippen LogP) is -0.330. The normalized spacial score (nSPS) is 14.1. The molecule has 0 fully saturated rings. The van der Waals surface area contributed by atoms with E-state index in [1.807, 2.05) is 0 Å². The SMILES string of the molecule is COC(=O)CC(O)C(O)c1c[nH]c(C(=O)O)c1. The summed E-state index contributed by atoms with van der Waals surface area (Å²) in [6, 6.07) is 1.19. The summed E-state index contributed by atoms with van der Waals surface area (Å²) in [6.45, 7) is 0. The molecule has 0 amide bonds. The number of hydrogen-bond acceptors (Lipinski definition) is 5. The summed E-state index contributed by atoms with van der Waals surface area (Å²) in [4.78, 5) is 23.9. The zero-order valence-electron chi connectivity index (χ0n) is 9.08. The van der Waals surface area contributed by atoms with Crippen LogP contribution in [0, 0.1) is 0 Å². The highest BCUT2D eigenvalue weighted by molar-refractivity contribution is 5.85. The molecule has 0 bridgehead atoms. The van der Waals surface area contributed by atoms with E-state index in [0.717, 1.165) is 0 Å². The van der Waals surface area contributed by atoms with E-state index in [1.165, 1.54) is 19.4 Å². The Morgan fingerprint density at radius 3 is 2.59 bits per heavy atom. The summed E-state index contributed by atoms with van der Waals surface area (Å²) < 4.78 is 4.34. The summed E-state index contributed by atoms with van der Waals surface area (Å²) in [7, 11) is 1.17. The number of carboxylic acid groups (broad SMARTS) is 1. The Bertz CT molecular complexity index is 413. The molecule has 0 saturated heterocycles. The zero-order valence-corrected chi connectivity index (χ0v) is 9.08. The third-order valence-electron chi connectivity index (χ3n) is 2.25. The maximum absolute atomic E-state index is 10.9. The number of carbonyl (C=O) groups is 2. The van der Waals surface area contributed by atoms with Crippen molar-refractivity contribution < 1.29 is 29.6 Å². The van der Waals surface area contributed by atoms with E-state index in [-0.39, 0.29) is 17.7 Å². The number of ether oxygens (including phenoxy) is 1. The number of hydrogen-bond donors (Lipinski definition) is 4. The van der Waals surface area contributed by atoms with Crippen LogP contribution in [-0.2, 0) is 9.53 Å². The summed E-state index contributed by atoms with van der Waals surface area (Å²) >= 11 is 0. The summed E-state index contributed by atoms with van der Waals surface area (Å²) in [5, 5.41) is 27.8. The molecular formula is C10H13NO6. The van der Waals surface area contributed by atoms with Crippen LogP contribution in [0.1, 0.15) is 28.6 Å². The quantitative estimate of drug-likeness (QED) is 0.525. The van der Waals surface area contributed by atoms with Crippen molar-refractivity contribution in [3.8, 4) is 0 Å². The Morgan fingerprint density at radius 1 is 1.47 bits per heavy atom. The molecule has 0 spiro atoms. The molecule has 1 rings (SSSR count). The van der Waals surface area contributed by atoms with Gasteiger partial charge in [0.25, 0.3) is 0 Å². The number of H-pyrrole nitrogens is 1. The fourth-order valence-corrected chi connectivity index (χ4v) is 1.29. The van der Waals surface area contributed by atoms with Crippen LogP contribution in [0.3, 0.4) is 0 Å². The van der Waals surface area contributed by atoms with Gasteiger partial charge in [0, 0.05) is 11.8 Å². The predicted molar refractivity (Wildman–Crippen MR) is 55.4 cm³/mol. The van der Waals surface area contributed by atoms with Crippen LogP contribution in [0.15, 0.2) is 12.3 Å². The molecule has 1 aromatic heterocycles. The minimum Gasteiger partial charge on any atom is -0.477 e. The lowest BCUT2D eigenvalue weighted by molar-refractivity contribution is -0.144. The number of methoxy groups -OCH3 is 1. The van der Waals surface area contributed by atoms with Gasteiger partial charge in [-0.25, -0.2) is 4.79 Å². The van der Waals surface area contributed by atoms with E-state index < -0.39 is 24.1 Å². The Labute approximate surface area is 96.6 Å². The first kappa shape index (κ1) is 13.2. The monoisotopic (exact) mass is 243 g/mol. The first-order chi connectivity index (χ1) is 7.95. The fraction of sp³-hybridized carbons (Fsp3) is 0.400. The number of aliphatic hydroxyl groups excluding tert-OH is 2. The number of carbonyl (C=O) groups excluding carboxylic acids is 1. The van der Waals surface area contributed by atoms with Crippen LogP contribution in [0.2, 0.25) is 0 Å². The van der Waals surface area contributed by atoms with Gasteiger partial charge in [0.2, 0.25) is 0 Å². The largest absolute Gasteiger partial charge is 0.477 e. The van der Waals surface area contributed by atoms with Crippen molar-refractivity contribution in [3.63, 3.8) is 0 Å². The third kappa shape index (κ3) is 3.30. The Balaban J connectivity index is 2.70. The fourth-order valence-electron chi connectivity index (χ4n) is 1.29. The van der Waals surface area contributed by atoms with Crippen molar-refractivity contribution in [2.75, 3.05) is 7.11 Å². The van der Waals surface area contributed by atoms with Gasteiger partial charge in [-0.3, -0.25) is 4.79 Å². The van der Waals surface area contributed by atoms with Crippen LogP contribution in [0.5, 0.6) is 0 Å². The Kier molecular flexibility index (Phi) is 4.24. The molecule has 0 aliphatic heterocycles. The van der Waals surface area contributed by atoms with Gasteiger partial charge in [-0.2, -0.15) is 0 Å². The van der Waals surface area contributed by atoms with Crippen molar-refractivity contribution >= 4 is 11.9 Å². The standard InChI is InChI=1S/C10H13NO6/c1-17-8(13)3-7(12)9(14)5-2-6(10(15)16)11-4-5/h2,4,7,9,11-12,14H,3H2,1H3,(H,15,16). The van der Waals surface area contributed by atoms with Crippen molar-refractivity contribution in [2.45, 2.75) is 18.6 Å². The molecule has 1 aromatic rings. The van der Waals surface area contributed by atoms with E-state index in [2.05, 4.69) is 9.72 Å². The van der Waals surface area contributed by atoms with Gasteiger partial charge in [0.05, 0.1) is 19.6 Å². The van der Waals surface area contributed by atoms with Gasteiger partial charge >= 0.3 is 11.9 Å². The molecule has 2 unspecified atom stereocenters. The van der Waals surface area contributed by atoms with Crippen molar-refractivity contribution in [1.29, 1.82) is 0 Å². The first-order valence-electron chi connectivity index (χ1n) is 4.80. The number of rotatable bonds is 5. The minimum atomic E-state index is -1.35. The Morgan fingerprint density at radius 2 is 2.12 bits per heavy atom. The van der Waals surface area contributed by atoms with Crippen molar-refractivity contribution in [2.24, 2.45) is 0 Å². The van der Waals surface area contributed by atoms with Gasteiger partial charge in [-0.1, -0.05) is 0 Å². The van der Waals surface area contributed by atoms with Crippen LogP contribution in [0.25, 0.3) is 0 Å². The summed E-state index contributed by atoms with van der Waals surface area (Å²) in [5.41, 5.74) is 0.0862. The van der Waals surface area contributed by atoms with E-state index in [1.54, 1.807) is 0 Å². The number of aromatic amines is 1. The molecule has 1 heterocycles. The Hall–Kier alpha value is -1.86. The maximum Gasteiger partial charge on any atom is 0.352 e. The van der Waals surface area contributed by atoms with Crippen molar-refractivity contribution in [1.82, 2.24) is 4.98 Å². The number of carboxylic acids is 1. The number of nitrogens with one attached hydrogen (secondary N) is 1. The molecule has 4 N–H and O–H groups in total. The highest BCUT2D eigenvalue weighted by Crippen LogP contribution is 2.20. The van der Waals surface area contributed by atoms with E-state index in [4.69, 9.17) is 5.11 Å².